The molecule has 0 aliphatic carbocycles. The number of carbonyl (C=O) groups is 1. The number of nitrogens with zero attached hydrogens (tertiary/aromatic N) is 3. The lowest BCUT2D eigenvalue weighted by molar-refractivity contribution is 0.0524. The quantitative estimate of drug-likeness (QED) is 0.731. The summed E-state index contributed by atoms with van der Waals surface area (Å²) in [7, 11) is 0. The van der Waals surface area contributed by atoms with E-state index in [4.69, 9.17) is 4.74 Å². The molecule has 5 heteroatoms. The largest absolute Gasteiger partial charge is 0.462 e. The van der Waals surface area contributed by atoms with Gasteiger partial charge in [-0.05, 0) is 25.5 Å². The van der Waals surface area contributed by atoms with Gasteiger partial charge in [0.05, 0.1) is 24.4 Å². The Bertz CT molecular complexity index is 417. The molecule has 0 fully saturated rings. The van der Waals surface area contributed by atoms with Gasteiger partial charge in [0, 0.05) is 6.20 Å². The number of azo groups is 1. The van der Waals surface area contributed by atoms with Gasteiger partial charge in [-0.2, -0.15) is 10.2 Å². The van der Waals surface area contributed by atoms with Crippen molar-refractivity contribution in [3.63, 3.8) is 0 Å². The Hall–Kier alpha value is -1.78. The Morgan fingerprint density at radius 3 is 3.19 bits per heavy atom. The fourth-order valence-corrected chi connectivity index (χ4v) is 1.65. The molecule has 2 rings (SSSR count). The van der Waals surface area contributed by atoms with Crippen LogP contribution in [0.2, 0.25) is 0 Å². The van der Waals surface area contributed by atoms with Crippen LogP contribution < -0.4 is 0 Å². The van der Waals surface area contributed by atoms with E-state index in [1.165, 1.54) is 0 Å². The van der Waals surface area contributed by atoms with Crippen LogP contribution in [0.3, 0.4) is 0 Å². The molecule has 1 aliphatic heterocycles. The monoisotopic (exact) mass is 219 g/mol. The molecule has 1 unspecified atom stereocenters. The normalized spacial score (nSPS) is 18.7. The number of esters is 1. The molecule has 0 saturated carbocycles. The molecule has 5 nitrogen and oxygen atoms in total. The first-order valence-corrected chi connectivity index (χ1v) is 5.31. The van der Waals surface area contributed by atoms with Gasteiger partial charge < -0.3 is 4.74 Å². The molecule has 0 saturated heterocycles. The molecule has 0 radical (unpaired) electrons. The van der Waals surface area contributed by atoms with Crippen molar-refractivity contribution in [1.29, 1.82) is 0 Å². The SMILES string of the molecule is CCOC(=O)c1cccnc1C1CCN=N1. The highest BCUT2D eigenvalue weighted by Crippen LogP contribution is 2.27. The highest BCUT2D eigenvalue weighted by molar-refractivity contribution is 5.90. The summed E-state index contributed by atoms with van der Waals surface area (Å²) in [6.45, 7) is 2.84. The molecular weight excluding hydrogens is 206 g/mol. The molecule has 0 spiro atoms. The number of aromatic nitrogens is 1. The second-order valence-corrected chi connectivity index (χ2v) is 3.44. The molecule has 0 bridgehead atoms. The van der Waals surface area contributed by atoms with Gasteiger partial charge in [0.1, 0.15) is 6.04 Å². The summed E-state index contributed by atoms with van der Waals surface area (Å²) in [6, 6.07) is 3.34. The van der Waals surface area contributed by atoms with Crippen LogP contribution in [0.4, 0.5) is 0 Å². The van der Waals surface area contributed by atoms with Crippen molar-refractivity contribution in [3.8, 4) is 0 Å². The molecule has 2 heterocycles. The van der Waals surface area contributed by atoms with E-state index in [1.807, 2.05) is 0 Å². The number of rotatable bonds is 3. The topological polar surface area (TPSA) is 63.9 Å². The molecule has 1 atom stereocenters. The average Bonchev–Trinajstić information content (AvgIpc) is 2.83. The van der Waals surface area contributed by atoms with E-state index < -0.39 is 0 Å². The van der Waals surface area contributed by atoms with Crippen LogP contribution in [0.5, 0.6) is 0 Å². The van der Waals surface area contributed by atoms with E-state index in [-0.39, 0.29) is 12.0 Å². The van der Waals surface area contributed by atoms with E-state index in [2.05, 4.69) is 15.2 Å². The second kappa shape index (κ2) is 4.83. The molecule has 1 aliphatic rings. The van der Waals surface area contributed by atoms with E-state index in [9.17, 15) is 4.79 Å². The maximum absolute atomic E-state index is 11.7. The van der Waals surface area contributed by atoms with Gasteiger partial charge in [0.25, 0.3) is 0 Å². The number of ether oxygens (including phenoxy) is 1. The maximum atomic E-state index is 11.7. The minimum atomic E-state index is -0.340. The molecule has 0 amide bonds. The fraction of sp³-hybridized carbons (Fsp3) is 0.455. The third-order valence-electron chi connectivity index (χ3n) is 2.37. The smallest absolute Gasteiger partial charge is 0.340 e. The Morgan fingerprint density at radius 1 is 1.62 bits per heavy atom. The fourth-order valence-electron chi connectivity index (χ4n) is 1.65. The van der Waals surface area contributed by atoms with Crippen LogP contribution in [0, 0.1) is 0 Å². The van der Waals surface area contributed by atoms with Crippen LogP contribution >= 0.6 is 0 Å². The highest BCUT2D eigenvalue weighted by Gasteiger charge is 2.23. The Balaban J connectivity index is 2.29. The lowest BCUT2D eigenvalue weighted by atomic mass is 10.1. The molecule has 16 heavy (non-hydrogen) atoms. The third kappa shape index (κ3) is 2.08. The first-order valence-electron chi connectivity index (χ1n) is 5.31. The standard InChI is InChI=1S/C11H13N3O2/c1-2-16-11(15)8-4-3-6-12-10(8)9-5-7-13-14-9/h3-4,6,9H,2,5,7H2,1H3. The Morgan fingerprint density at radius 2 is 2.50 bits per heavy atom. The molecule has 1 aromatic heterocycles. The summed E-state index contributed by atoms with van der Waals surface area (Å²) >= 11 is 0. The zero-order valence-electron chi connectivity index (χ0n) is 9.09. The zero-order valence-corrected chi connectivity index (χ0v) is 9.09. The molecule has 0 aromatic carbocycles. The molecule has 1 aromatic rings. The Kier molecular flexibility index (Phi) is 3.24. The van der Waals surface area contributed by atoms with Gasteiger partial charge in [0.2, 0.25) is 0 Å². The maximum Gasteiger partial charge on any atom is 0.340 e. The van der Waals surface area contributed by atoms with Gasteiger partial charge in [-0.15, -0.1) is 0 Å². The summed E-state index contributed by atoms with van der Waals surface area (Å²) < 4.78 is 4.98. The van der Waals surface area contributed by atoms with Crippen LogP contribution in [-0.4, -0.2) is 24.1 Å². The Labute approximate surface area is 93.6 Å². The first kappa shape index (κ1) is 10.7. The lowest BCUT2D eigenvalue weighted by Crippen LogP contribution is -2.11. The molecule has 0 N–H and O–H groups in total. The summed E-state index contributed by atoms with van der Waals surface area (Å²) in [4.78, 5) is 15.9. The van der Waals surface area contributed by atoms with E-state index >= 15 is 0 Å². The first-order chi connectivity index (χ1) is 7.83. The van der Waals surface area contributed by atoms with Gasteiger partial charge in [-0.3, -0.25) is 4.98 Å². The molecule has 84 valence electrons. The van der Waals surface area contributed by atoms with Crippen molar-refractivity contribution in [1.82, 2.24) is 4.98 Å². The predicted molar refractivity (Wildman–Crippen MR) is 57.3 cm³/mol. The minimum Gasteiger partial charge on any atom is -0.462 e. The van der Waals surface area contributed by atoms with Gasteiger partial charge in [0.15, 0.2) is 0 Å². The number of carbonyl (C=O) groups excluding carboxylic acids is 1. The average molecular weight is 219 g/mol. The number of hydrogen-bond donors (Lipinski definition) is 0. The van der Waals surface area contributed by atoms with Gasteiger partial charge in [-0.1, -0.05) is 0 Å². The highest BCUT2D eigenvalue weighted by atomic mass is 16.5. The lowest BCUT2D eigenvalue weighted by Gasteiger charge is -2.09. The molecular formula is C11H13N3O2. The zero-order chi connectivity index (χ0) is 11.4. The van der Waals surface area contributed by atoms with E-state index in [0.29, 0.717) is 24.4 Å². The van der Waals surface area contributed by atoms with Gasteiger partial charge >= 0.3 is 5.97 Å². The summed E-state index contributed by atoms with van der Waals surface area (Å²) in [5.41, 5.74) is 1.16. The summed E-state index contributed by atoms with van der Waals surface area (Å²) in [6.07, 6.45) is 2.47. The number of pyridine rings is 1. The van der Waals surface area contributed by atoms with Crippen molar-refractivity contribution >= 4 is 5.97 Å². The minimum absolute atomic E-state index is 0.0967. The van der Waals surface area contributed by atoms with Crippen LogP contribution in [0.25, 0.3) is 0 Å². The van der Waals surface area contributed by atoms with Crippen molar-refractivity contribution < 1.29 is 9.53 Å². The van der Waals surface area contributed by atoms with Crippen molar-refractivity contribution in [2.75, 3.05) is 13.2 Å². The van der Waals surface area contributed by atoms with E-state index in [0.717, 1.165) is 6.42 Å². The third-order valence-corrected chi connectivity index (χ3v) is 2.37. The number of hydrogen-bond acceptors (Lipinski definition) is 5. The summed E-state index contributed by atoms with van der Waals surface area (Å²) in [5, 5.41) is 7.98. The predicted octanol–water partition coefficient (Wildman–Crippen LogP) is 2.16. The van der Waals surface area contributed by atoms with E-state index in [1.54, 1.807) is 25.3 Å². The van der Waals surface area contributed by atoms with Gasteiger partial charge in [-0.25, -0.2) is 4.79 Å². The van der Waals surface area contributed by atoms with Crippen LogP contribution in [-0.2, 0) is 4.74 Å². The van der Waals surface area contributed by atoms with Crippen LogP contribution in [0.1, 0.15) is 35.4 Å². The van der Waals surface area contributed by atoms with Crippen LogP contribution in [0.15, 0.2) is 28.6 Å². The van der Waals surface area contributed by atoms with Crippen molar-refractivity contribution in [2.24, 2.45) is 10.2 Å². The van der Waals surface area contributed by atoms with Crippen molar-refractivity contribution in [2.45, 2.75) is 19.4 Å². The summed E-state index contributed by atoms with van der Waals surface area (Å²) in [5.74, 6) is -0.340. The second-order valence-electron chi connectivity index (χ2n) is 3.44. The van der Waals surface area contributed by atoms with Crippen molar-refractivity contribution in [3.05, 3.63) is 29.6 Å².